The zero-order chi connectivity index (χ0) is 14.3. The van der Waals surface area contributed by atoms with Crippen molar-refractivity contribution < 1.29 is 5.11 Å². The molecule has 1 saturated heterocycles. The van der Waals surface area contributed by atoms with Crippen LogP contribution in [0.4, 0.5) is 0 Å². The van der Waals surface area contributed by atoms with Crippen molar-refractivity contribution in [3.63, 3.8) is 0 Å². The highest BCUT2D eigenvalue weighted by Gasteiger charge is 2.47. The molecule has 1 saturated carbocycles. The number of likely N-dealkylation sites (tertiary alicyclic amines) is 1. The molecule has 3 aliphatic rings. The number of benzene rings is 1. The van der Waals surface area contributed by atoms with Crippen LogP contribution >= 0.6 is 12.4 Å². The lowest BCUT2D eigenvalue weighted by molar-refractivity contribution is -0.0144. The molecule has 2 fully saturated rings. The van der Waals surface area contributed by atoms with Gasteiger partial charge in [0.1, 0.15) is 0 Å². The van der Waals surface area contributed by atoms with Crippen molar-refractivity contribution in [1.29, 1.82) is 0 Å². The Labute approximate surface area is 140 Å². The minimum absolute atomic E-state index is 0. The van der Waals surface area contributed by atoms with E-state index in [0.717, 1.165) is 12.5 Å². The molecule has 0 radical (unpaired) electrons. The largest absolute Gasteiger partial charge is 0.388 e. The summed E-state index contributed by atoms with van der Waals surface area (Å²) < 4.78 is 0. The SMILES string of the molecule is Cl.OC1c2ccccc2CC12CCC(N1CCCCC1)CC2. The van der Waals surface area contributed by atoms with E-state index >= 15 is 0 Å². The fourth-order valence-electron chi connectivity index (χ4n) is 5.04. The summed E-state index contributed by atoms with van der Waals surface area (Å²) in [6.45, 7) is 2.61. The van der Waals surface area contributed by atoms with Crippen LogP contribution in [0, 0.1) is 5.41 Å². The van der Waals surface area contributed by atoms with Gasteiger partial charge in [0.15, 0.2) is 0 Å². The van der Waals surface area contributed by atoms with Gasteiger partial charge in [-0.2, -0.15) is 0 Å². The number of piperidine rings is 1. The molecule has 1 aromatic rings. The van der Waals surface area contributed by atoms with Crippen LogP contribution in [0.5, 0.6) is 0 Å². The molecular weight excluding hydrogens is 294 g/mol. The number of fused-ring (bicyclic) bond motifs is 1. The fourth-order valence-corrected chi connectivity index (χ4v) is 5.04. The van der Waals surface area contributed by atoms with Crippen LogP contribution in [0.1, 0.15) is 62.2 Å². The van der Waals surface area contributed by atoms with Crippen molar-refractivity contribution in [2.24, 2.45) is 5.41 Å². The Morgan fingerprint density at radius 3 is 2.36 bits per heavy atom. The minimum Gasteiger partial charge on any atom is -0.388 e. The van der Waals surface area contributed by atoms with Gasteiger partial charge in [0, 0.05) is 11.5 Å². The van der Waals surface area contributed by atoms with Gasteiger partial charge >= 0.3 is 0 Å². The van der Waals surface area contributed by atoms with Crippen LogP contribution in [0.15, 0.2) is 24.3 Å². The van der Waals surface area contributed by atoms with Crippen molar-refractivity contribution in [3.05, 3.63) is 35.4 Å². The maximum absolute atomic E-state index is 10.8. The molecule has 1 unspecified atom stereocenters. The van der Waals surface area contributed by atoms with Gasteiger partial charge in [-0.1, -0.05) is 30.7 Å². The summed E-state index contributed by atoms with van der Waals surface area (Å²) in [5, 5.41) is 10.8. The summed E-state index contributed by atoms with van der Waals surface area (Å²) in [6.07, 6.45) is 10.0. The third kappa shape index (κ3) is 2.70. The van der Waals surface area contributed by atoms with E-state index in [1.54, 1.807) is 0 Å². The highest BCUT2D eigenvalue weighted by molar-refractivity contribution is 5.85. The second-order valence-corrected chi connectivity index (χ2v) is 7.47. The number of hydrogen-bond donors (Lipinski definition) is 1. The molecule has 0 bridgehead atoms. The van der Waals surface area contributed by atoms with E-state index < -0.39 is 0 Å². The predicted molar refractivity (Wildman–Crippen MR) is 92.5 cm³/mol. The Kier molecular flexibility index (Phi) is 4.82. The first kappa shape index (κ1) is 16.3. The van der Waals surface area contributed by atoms with E-state index in [1.165, 1.54) is 69.2 Å². The molecule has 122 valence electrons. The van der Waals surface area contributed by atoms with Crippen LogP contribution in [-0.2, 0) is 6.42 Å². The Morgan fingerprint density at radius 2 is 1.68 bits per heavy atom. The summed E-state index contributed by atoms with van der Waals surface area (Å²) in [6, 6.07) is 9.31. The predicted octanol–water partition coefficient (Wildman–Crippen LogP) is 4.11. The summed E-state index contributed by atoms with van der Waals surface area (Å²) in [7, 11) is 0. The lowest BCUT2D eigenvalue weighted by Crippen LogP contribution is -2.44. The van der Waals surface area contributed by atoms with Crippen LogP contribution in [0.3, 0.4) is 0 Å². The normalized spacial score (nSPS) is 35.1. The molecule has 2 aliphatic carbocycles. The number of rotatable bonds is 1. The fraction of sp³-hybridized carbons (Fsp3) is 0.684. The monoisotopic (exact) mass is 321 g/mol. The minimum atomic E-state index is -0.226. The molecule has 1 heterocycles. The van der Waals surface area contributed by atoms with Gasteiger partial charge in [0.05, 0.1) is 6.10 Å². The van der Waals surface area contributed by atoms with Gasteiger partial charge in [-0.25, -0.2) is 0 Å². The van der Waals surface area contributed by atoms with Crippen LogP contribution in [-0.4, -0.2) is 29.1 Å². The number of halogens is 1. The van der Waals surface area contributed by atoms with Gasteiger partial charge in [-0.3, -0.25) is 0 Å². The van der Waals surface area contributed by atoms with E-state index in [9.17, 15) is 5.11 Å². The van der Waals surface area contributed by atoms with Crippen molar-refractivity contribution in [3.8, 4) is 0 Å². The molecule has 4 rings (SSSR count). The van der Waals surface area contributed by atoms with Crippen molar-refractivity contribution in [2.45, 2.75) is 63.5 Å². The van der Waals surface area contributed by atoms with Gasteiger partial charge in [0.2, 0.25) is 0 Å². The first-order valence-electron chi connectivity index (χ1n) is 8.78. The second-order valence-electron chi connectivity index (χ2n) is 7.47. The second kappa shape index (κ2) is 6.51. The molecule has 1 spiro atoms. The summed E-state index contributed by atoms with van der Waals surface area (Å²) in [4.78, 5) is 2.73. The van der Waals surface area contributed by atoms with E-state index in [0.29, 0.717) is 0 Å². The Balaban J connectivity index is 0.00000144. The summed E-state index contributed by atoms with van der Waals surface area (Å²) >= 11 is 0. The van der Waals surface area contributed by atoms with Crippen molar-refractivity contribution in [2.75, 3.05) is 13.1 Å². The Hall–Kier alpha value is -0.570. The Bertz CT molecular complexity index is 504. The average molecular weight is 322 g/mol. The van der Waals surface area contributed by atoms with Gasteiger partial charge in [0.25, 0.3) is 0 Å². The van der Waals surface area contributed by atoms with E-state index in [-0.39, 0.29) is 23.9 Å². The number of aliphatic hydroxyl groups is 1. The topological polar surface area (TPSA) is 23.5 Å². The number of hydrogen-bond acceptors (Lipinski definition) is 2. The molecule has 1 N–H and O–H groups in total. The number of aliphatic hydroxyl groups excluding tert-OH is 1. The first-order valence-corrected chi connectivity index (χ1v) is 8.78. The Morgan fingerprint density at radius 1 is 1.00 bits per heavy atom. The van der Waals surface area contributed by atoms with Gasteiger partial charge in [-0.15, -0.1) is 12.4 Å². The number of nitrogens with zero attached hydrogens (tertiary/aromatic N) is 1. The molecule has 1 aromatic carbocycles. The third-order valence-corrected chi connectivity index (χ3v) is 6.33. The lowest BCUT2D eigenvalue weighted by Gasteiger charge is -2.44. The molecule has 22 heavy (non-hydrogen) atoms. The first-order chi connectivity index (χ1) is 10.3. The molecule has 0 amide bonds. The highest BCUT2D eigenvalue weighted by Crippen LogP contribution is 2.54. The summed E-state index contributed by atoms with van der Waals surface area (Å²) in [5.41, 5.74) is 2.74. The molecule has 0 aromatic heterocycles. The van der Waals surface area contributed by atoms with Crippen LogP contribution in [0.2, 0.25) is 0 Å². The third-order valence-electron chi connectivity index (χ3n) is 6.33. The van der Waals surface area contributed by atoms with Crippen molar-refractivity contribution >= 4 is 12.4 Å². The van der Waals surface area contributed by atoms with E-state index in [2.05, 4.69) is 29.2 Å². The van der Waals surface area contributed by atoms with Gasteiger partial charge < -0.3 is 10.0 Å². The molecule has 1 atom stereocenters. The zero-order valence-corrected chi connectivity index (χ0v) is 14.2. The molecule has 2 nitrogen and oxygen atoms in total. The molecule has 3 heteroatoms. The maximum atomic E-state index is 10.8. The van der Waals surface area contributed by atoms with E-state index in [4.69, 9.17) is 0 Å². The van der Waals surface area contributed by atoms with Crippen LogP contribution in [0.25, 0.3) is 0 Å². The standard InChI is InChI=1S/C19H27NO.ClH/c21-18-17-7-3-2-6-15(17)14-19(18)10-8-16(9-11-19)20-12-4-1-5-13-20;/h2-3,6-7,16,18,21H,1,4-5,8-14H2;1H. The maximum Gasteiger partial charge on any atom is 0.0852 e. The highest BCUT2D eigenvalue weighted by atomic mass is 35.5. The smallest absolute Gasteiger partial charge is 0.0852 e. The van der Waals surface area contributed by atoms with E-state index in [1.807, 2.05) is 0 Å². The zero-order valence-electron chi connectivity index (χ0n) is 13.3. The lowest BCUT2D eigenvalue weighted by atomic mass is 9.69. The summed E-state index contributed by atoms with van der Waals surface area (Å²) in [5.74, 6) is 0. The van der Waals surface area contributed by atoms with Crippen molar-refractivity contribution in [1.82, 2.24) is 4.90 Å². The van der Waals surface area contributed by atoms with Gasteiger partial charge in [-0.05, 0) is 69.2 Å². The van der Waals surface area contributed by atoms with Crippen LogP contribution < -0.4 is 0 Å². The quantitative estimate of drug-likeness (QED) is 0.841. The molecule has 1 aliphatic heterocycles. The molecular formula is C19H28ClNO. The average Bonchev–Trinajstić information content (AvgIpc) is 2.82.